The lowest BCUT2D eigenvalue weighted by Gasteiger charge is -2.13. The summed E-state index contributed by atoms with van der Waals surface area (Å²) in [6.45, 7) is 10.6. The summed E-state index contributed by atoms with van der Waals surface area (Å²) in [4.78, 5) is 12.5. The van der Waals surface area contributed by atoms with Crippen molar-refractivity contribution in [1.82, 2.24) is 0 Å². The summed E-state index contributed by atoms with van der Waals surface area (Å²) in [7, 11) is 0. The van der Waals surface area contributed by atoms with E-state index in [2.05, 4.69) is 52.5 Å². The van der Waals surface area contributed by atoms with Crippen LogP contribution in [0.1, 0.15) is 73.1 Å². The van der Waals surface area contributed by atoms with Crippen molar-refractivity contribution < 1.29 is 4.79 Å². The molecule has 1 nitrogen and oxygen atoms in total. The van der Waals surface area contributed by atoms with Gasteiger partial charge in [0.15, 0.2) is 5.78 Å². The van der Waals surface area contributed by atoms with Crippen LogP contribution >= 0.6 is 0 Å². The standard InChI is InChI=1S/C20H30O/c1-15(2)19-13-12-17(4)10-6-8-16(3)9-7-11-18(5)14-20(19)21/h7,10,18H,6,8,11-14H2,1-5H3/b17-10-/t9?,18-/m1/s1. The average molecular weight is 286 g/mol. The smallest absolute Gasteiger partial charge is 0.159 e. The van der Waals surface area contributed by atoms with Crippen molar-refractivity contribution in [3.05, 3.63) is 40.2 Å². The van der Waals surface area contributed by atoms with Crippen molar-refractivity contribution in [3.63, 3.8) is 0 Å². The lowest BCUT2D eigenvalue weighted by Crippen LogP contribution is -2.09. The Labute approximate surface area is 130 Å². The molecule has 0 radical (unpaired) electrons. The first kappa shape index (κ1) is 17.7. The molecule has 0 aromatic rings. The number of rotatable bonds is 0. The molecule has 0 fully saturated rings. The maximum atomic E-state index is 12.5. The van der Waals surface area contributed by atoms with Gasteiger partial charge in [-0.2, -0.15) is 0 Å². The monoisotopic (exact) mass is 286 g/mol. The molecule has 0 spiro atoms. The minimum atomic E-state index is 0.335. The SMILES string of the molecule is CC1=C=CC[C@@H](C)CC(=O)C(=C(C)C)CC/C(C)=C\CC1. The highest BCUT2D eigenvalue weighted by atomic mass is 16.1. The summed E-state index contributed by atoms with van der Waals surface area (Å²) in [5.41, 5.74) is 8.29. The van der Waals surface area contributed by atoms with Gasteiger partial charge >= 0.3 is 0 Å². The fourth-order valence-electron chi connectivity index (χ4n) is 2.66. The predicted molar refractivity (Wildman–Crippen MR) is 91.3 cm³/mol. The molecule has 0 N–H and O–H groups in total. The van der Waals surface area contributed by atoms with Gasteiger partial charge < -0.3 is 0 Å². The van der Waals surface area contributed by atoms with E-state index in [1.54, 1.807) is 0 Å². The van der Waals surface area contributed by atoms with Gasteiger partial charge in [-0.3, -0.25) is 4.79 Å². The first-order valence-electron chi connectivity index (χ1n) is 8.16. The summed E-state index contributed by atoms with van der Waals surface area (Å²) in [6.07, 6.45) is 10.1. The van der Waals surface area contributed by atoms with Gasteiger partial charge in [-0.25, -0.2) is 0 Å². The third-order valence-electron chi connectivity index (χ3n) is 4.12. The molecule has 1 heteroatoms. The highest BCUT2D eigenvalue weighted by Gasteiger charge is 2.14. The largest absolute Gasteiger partial charge is 0.295 e. The molecule has 21 heavy (non-hydrogen) atoms. The Morgan fingerprint density at radius 1 is 1.19 bits per heavy atom. The molecular formula is C20H30O. The maximum Gasteiger partial charge on any atom is 0.159 e. The predicted octanol–water partition coefficient (Wildman–Crippen LogP) is 5.93. The van der Waals surface area contributed by atoms with E-state index >= 15 is 0 Å². The minimum absolute atomic E-state index is 0.335. The van der Waals surface area contributed by atoms with Crippen LogP contribution in [0.15, 0.2) is 40.2 Å². The second-order valence-corrected chi connectivity index (χ2v) is 6.66. The van der Waals surface area contributed by atoms with Crippen molar-refractivity contribution in [3.8, 4) is 0 Å². The summed E-state index contributed by atoms with van der Waals surface area (Å²) < 4.78 is 0. The number of Topliss-reactive ketones (excluding diaryl/α,β-unsaturated/α-hetero) is 1. The first-order valence-corrected chi connectivity index (χ1v) is 8.16. The van der Waals surface area contributed by atoms with E-state index in [-0.39, 0.29) is 0 Å². The molecule has 1 aliphatic rings. The quantitative estimate of drug-likeness (QED) is 0.306. The summed E-state index contributed by atoms with van der Waals surface area (Å²) >= 11 is 0. The molecule has 0 heterocycles. The van der Waals surface area contributed by atoms with Crippen molar-refractivity contribution >= 4 is 5.78 Å². The minimum Gasteiger partial charge on any atom is -0.295 e. The van der Waals surface area contributed by atoms with E-state index in [0.717, 1.165) is 37.7 Å². The number of allylic oxidation sites excluding steroid dienone is 5. The molecule has 0 saturated carbocycles. The van der Waals surface area contributed by atoms with E-state index in [4.69, 9.17) is 0 Å². The lowest BCUT2D eigenvalue weighted by atomic mass is 9.91. The van der Waals surface area contributed by atoms with Crippen molar-refractivity contribution in [1.29, 1.82) is 0 Å². The topological polar surface area (TPSA) is 17.1 Å². The Bertz CT molecular complexity index is 492. The Morgan fingerprint density at radius 3 is 2.57 bits per heavy atom. The molecule has 0 amide bonds. The Balaban J connectivity index is 2.96. The van der Waals surface area contributed by atoms with Gasteiger partial charge in [0.2, 0.25) is 0 Å². The zero-order chi connectivity index (χ0) is 15.8. The molecule has 1 rings (SSSR count). The number of carbonyl (C=O) groups is 1. The van der Waals surface area contributed by atoms with Gasteiger partial charge in [-0.05, 0) is 82.9 Å². The molecule has 0 aliphatic heterocycles. The Hall–Kier alpha value is -1.33. The van der Waals surface area contributed by atoms with Crippen molar-refractivity contribution in [2.45, 2.75) is 73.1 Å². The molecular weight excluding hydrogens is 256 g/mol. The van der Waals surface area contributed by atoms with Crippen molar-refractivity contribution in [2.75, 3.05) is 0 Å². The van der Waals surface area contributed by atoms with Crippen LogP contribution < -0.4 is 0 Å². The fraction of sp³-hybridized carbons (Fsp3) is 0.600. The summed E-state index contributed by atoms with van der Waals surface area (Å²) in [6, 6.07) is 0. The number of hydrogen-bond donors (Lipinski definition) is 0. The van der Waals surface area contributed by atoms with Crippen LogP contribution in [-0.4, -0.2) is 5.78 Å². The zero-order valence-corrected chi connectivity index (χ0v) is 14.4. The van der Waals surface area contributed by atoms with E-state index in [0.29, 0.717) is 18.1 Å². The molecule has 0 unspecified atom stereocenters. The van der Waals surface area contributed by atoms with E-state index in [9.17, 15) is 4.79 Å². The van der Waals surface area contributed by atoms with Crippen LogP contribution in [-0.2, 0) is 4.79 Å². The molecule has 0 aromatic carbocycles. The van der Waals surface area contributed by atoms with Gasteiger partial charge in [0, 0.05) is 6.42 Å². The Morgan fingerprint density at radius 2 is 1.90 bits per heavy atom. The van der Waals surface area contributed by atoms with Crippen LogP contribution in [0.3, 0.4) is 0 Å². The third-order valence-corrected chi connectivity index (χ3v) is 4.12. The van der Waals surface area contributed by atoms with E-state index in [1.165, 1.54) is 16.7 Å². The molecule has 116 valence electrons. The molecule has 0 bridgehead atoms. The Kier molecular flexibility index (Phi) is 7.47. The highest BCUT2D eigenvalue weighted by molar-refractivity contribution is 5.96. The van der Waals surface area contributed by atoms with Gasteiger partial charge in [-0.1, -0.05) is 24.1 Å². The fourth-order valence-corrected chi connectivity index (χ4v) is 2.66. The van der Waals surface area contributed by atoms with Crippen LogP contribution in [0.25, 0.3) is 0 Å². The second kappa shape index (κ2) is 8.85. The zero-order valence-electron chi connectivity index (χ0n) is 14.4. The van der Waals surface area contributed by atoms with Crippen LogP contribution in [0.2, 0.25) is 0 Å². The van der Waals surface area contributed by atoms with E-state index in [1.807, 2.05) is 0 Å². The van der Waals surface area contributed by atoms with Crippen LogP contribution in [0.4, 0.5) is 0 Å². The van der Waals surface area contributed by atoms with Crippen LogP contribution in [0, 0.1) is 5.92 Å². The molecule has 0 aromatic heterocycles. The van der Waals surface area contributed by atoms with Gasteiger partial charge in [0.05, 0.1) is 0 Å². The molecule has 1 aliphatic carbocycles. The van der Waals surface area contributed by atoms with E-state index < -0.39 is 0 Å². The van der Waals surface area contributed by atoms with Gasteiger partial charge in [-0.15, -0.1) is 5.73 Å². The number of carbonyl (C=O) groups excluding carboxylic acids is 1. The molecule has 0 saturated heterocycles. The number of ketones is 1. The first-order chi connectivity index (χ1) is 9.90. The second-order valence-electron chi connectivity index (χ2n) is 6.66. The third kappa shape index (κ3) is 6.78. The van der Waals surface area contributed by atoms with Crippen LogP contribution in [0.5, 0.6) is 0 Å². The van der Waals surface area contributed by atoms with Gasteiger partial charge in [0.1, 0.15) is 0 Å². The lowest BCUT2D eigenvalue weighted by molar-refractivity contribution is -0.116. The maximum absolute atomic E-state index is 12.5. The average Bonchev–Trinajstić information content (AvgIpc) is 2.37. The normalized spacial score (nSPS) is 24.9. The molecule has 1 atom stereocenters. The highest BCUT2D eigenvalue weighted by Crippen LogP contribution is 2.21. The van der Waals surface area contributed by atoms with Crippen molar-refractivity contribution in [2.24, 2.45) is 5.92 Å². The van der Waals surface area contributed by atoms with Gasteiger partial charge in [0.25, 0.3) is 0 Å². The number of hydrogen-bond acceptors (Lipinski definition) is 1. The summed E-state index contributed by atoms with van der Waals surface area (Å²) in [5.74, 6) is 0.730. The summed E-state index contributed by atoms with van der Waals surface area (Å²) in [5, 5.41) is 0.